The zero-order chi connectivity index (χ0) is 15.1. The van der Waals surface area contributed by atoms with Crippen LogP contribution in [-0.2, 0) is 16.0 Å². The Morgan fingerprint density at radius 2 is 2.19 bits per heavy atom. The molecule has 6 heteroatoms. The van der Waals surface area contributed by atoms with Crippen LogP contribution in [0.1, 0.15) is 11.3 Å². The number of anilines is 2. The highest BCUT2D eigenvalue weighted by atomic mass is 32.1. The molecule has 2 aromatic rings. The summed E-state index contributed by atoms with van der Waals surface area (Å²) < 4.78 is 18.8. The van der Waals surface area contributed by atoms with E-state index in [1.165, 1.54) is 23.1 Å². The number of carbonyl (C=O) groups is 1. The van der Waals surface area contributed by atoms with E-state index in [0.29, 0.717) is 18.9 Å². The lowest BCUT2D eigenvalue weighted by Gasteiger charge is -2.07. The van der Waals surface area contributed by atoms with Gasteiger partial charge in [-0.05, 0) is 29.6 Å². The van der Waals surface area contributed by atoms with Gasteiger partial charge in [0.15, 0.2) is 0 Å². The summed E-state index contributed by atoms with van der Waals surface area (Å²) in [5.41, 5.74) is 6.05. The topological polar surface area (TPSA) is 64.3 Å². The fraction of sp³-hybridized carbons (Fsp3) is 0.267. The van der Waals surface area contributed by atoms with Crippen LogP contribution >= 0.6 is 11.3 Å². The van der Waals surface area contributed by atoms with Gasteiger partial charge in [-0.2, -0.15) is 0 Å². The minimum Gasteiger partial charge on any atom is -0.399 e. The van der Waals surface area contributed by atoms with Gasteiger partial charge in [-0.3, -0.25) is 4.79 Å². The summed E-state index contributed by atoms with van der Waals surface area (Å²) in [7, 11) is 0. The number of rotatable bonds is 7. The molecule has 0 fully saturated rings. The third-order valence-electron chi connectivity index (χ3n) is 2.81. The number of carbonyl (C=O) groups excluding carboxylic acids is 1. The second kappa shape index (κ2) is 7.75. The van der Waals surface area contributed by atoms with E-state index in [0.717, 1.165) is 6.42 Å². The van der Waals surface area contributed by atoms with Crippen molar-refractivity contribution in [1.82, 2.24) is 0 Å². The van der Waals surface area contributed by atoms with Crippen molar-refractivity contribution in [2.45, 2.75) is 12.8 Å². The van der Waals surface area contributed by atoms with Crippen LogP contribution in [0.15, 0.2) is 35.7 Å². The summed E-state index contributed by atoms with van der Waals surface area (Å²) in [6.07, 6.45) is 1.02. The van der Waals surface area contributed by atoms with Gasteiger partial charge in [0.05, 0.1) is 25.3 Å². The maximum atomic E-state index is 13.4. The van der Waals surface area contributed by atoms with Gasteiger partial charge < -0.3 is 15.8 Å². The number of thiophene rings is 1. The Labute approximate surface area is 126 Å². The SMILES string of the molecule is Nc1ccc(F)c(NC(=O)CCOCCc2cccs2)c1. The van der Waals surface area contributed by atoms with Crippen LogP contribution in [0.2, 0.25) is 0 Å². The summed E-state index contributed by atoms with van der Waals surface area (Å²) >= 11 is 1.68. The minimum absolute atomic E-state index is 0.0959. The van der Waals surface area contributed by atoms with Crippen molar-refractivity contribution < 1.29 is 13.9 Å². The highest BCUT2D eigenvalue weighted by Gasteiger charge is 2.07. The second-order valence-corrected chi connectivity index (χ2v) is 5.51. The lowest BCUT2D eigenvalue weighted by atomic mass is 10.2. The van der Waals surface area contributed by atoms with Gasteiger partial charge in [0.2, 0.25) is 5.91 Å². The Morgan fingerprint density at radius 1 is 1.33 bits per heavy atom. The van der Waals surface area contributed by atoms with Gasteiger partial charge in [-0.1, -0.05) is 6.07 Å². The van der Waals surface area contributed by atoms with E-state index in [1.807, 2.05) is 17.5 Å². The van der Waals surface area contributed by atoms with Crippen molar-refractivity contribution in [3.63, 3.8) is 0 Å². The Hall–Kier alpha value is -1.92. The molecule has 1 heterocycles. The number of amides is 1. The van der Waals surface area contributed by atoms with Gasteiger partial charge in [0.25, 0.3) is 0 Å². The number of hydrogen-bond donors (Lipinski definition) is 2. The smallest absolute Gasteiger partial charge is 0.226 e. The van der Waals surface area contributed by atoms with E-state index in [4.69, 9.17) is 10.5 Å². The lowest BCUT2D eigenvalue weighted by molar-refractivity contribution is -0.117. The third-order valence-corrected chi connectivity index (χ3v) is 3.75. The van der Waals surface area contributed by atoms with Crippen LogP contribution in [0.5, 0.6) is 0 Å². The average molecular weight is 308 g/mol. The van der Waals surface area contributed by atoms with Gasteiger partial charge in [-0.15, -0.1) is 11.3 Å². The molecule has 0 atom stereocenters. The normalized spacial score (nSPS) is 10.5. The summed E-state index contributed by atoms with van der Waals surface area (Å²) in [4.78, 5) is 12.9. The summed E-state index contributed by atoms with van der Waals surface area (Å²) in [5, 5.41) is 4.50. The van der Waals surface area contributed by atoms with Crippen LogP contribution in [0.25, 0.3) is 0 Å². The molecule has 0 saturated heterocycles. The summed E-state index contributed by atoms with van der Waals surface area (Å²) in [6, 6.07) is 8.10. The molecule has 1 aromatic carbocycles. The van der Waals surface area contributed by atoms with Crippen molar-refractivity contribution in [2.24, 2.45) is 0 Å². The summed E-state index contributed by atoms with van der Waals surface area (Å²) in [6.45, 7) is 0.877. The van der Waals surface area contributed by atoms with E-state index >= 15 is 0 Å². The zero-order valence-corrected chi connectivity index (χ0v) is 12.3. The molecule has 0 unspecified atom stereocenters. The highest BCUT2D eigenvalue weighted by Crippen LogP contribution is 2.17. The van der Waals surface area contributed by atoms with E-state index < -0.39 is 5.82 Å². The zero-order valence-electron chi connectivity index (χ0n) is 11.5. The Morgan fingerprint density at radius 3 is 2.95 bits per heavy atom. The van der Waals surface area contributed by atoms with Crippen molar-refractivity contribution in [1.29, 1.82) is 0 Å². The number of benzene rings is 1. The van der Waals surface area contributed by atoms with Gasteiger partial charge in [-0.25, -0.2) is 4.39 Å². The second-order valence-electron chi connectivity index (χ2n) is 4.48. The molecule has 0 radical (unpaired) electrons. The predicted molar refractivity (Wildman–Crippen MR) is 82.9 cm³/mol. The van der Waals surface area contributed by atoms with Crippen molar-refractivity contribution >= 4 is 28.6 Å². The standard InChI is InChI=1S/C15H17FN2O2S/c16-13-4-3-11(17)10-14(13)18-15(19)6-8-20-7-5-12-2-1-9-21-12/h1-4,9-10H,5-8,17H2,(H,18,19). The highest BCUT2D eigenvalue weighted by molar-refractivity contribution is 7.09. The molecule has 21 heavy (non-hydrogen) atoms. The minimum atomic E-state index is -0.504. The van der Waals surface area contributed by atoms with Crippen molar-refractivity contribution in [3.05, 3.63) is 46.4 Å². The van der Waals surface area contributed by atoms with Gasteiger partial charge >= 0.3 is 0 Å². The van der Waals surface area contributed by atoms with Gasteiger partial charge in [0, 0.05) is 17.0 Å². The number of nitrogen functional groups attached to an aromatic ring is 1. The molecule has 0 aliphatic heterocycles. The monoisotopic (exact) mass is 308 g/mol. The molecule has 0 saturated carbocycles. The molecule has 1 aromatic heterocycles. The third kappa shape index (κ3) is 5.17. The molecular weight excluding hydrogens is 291 g/mol. The Kier molecular flexibility index (Phi) is 5.71. The molecule has 2 rings (SSSR count). The lowest BCUT2D eigenvalue weighted by Crippen LogP contribution is -2.15. The van der Waals surface area contributed by atoms with Crippen LogP contribution in [0, 0.1) is 5.82 Å². The number of hydrogen-bond acceptors (Lipinski definition) is 4. The summed E-state index contributed by atoms with van der Waals surface area (Å²) in [5.74, 6) is -0.799. The van der Waals surface area contributed by atoms with Crippen LogP contribution in [-0.4, -0.2) is 19.1 Å². The Balaban J connectivity index is 1.66. The molecule has 0 spiro atoms. The largest absolute Gasteiger partial charge is 0.399 e. The van der Waals surface area contributed by atoms with E-state index in [-0.39, 0.29) is 18.0 Å². The maximum Gasteiger partial charge on any atom is 0.226 e. The van der Waals surface area contributed by atoms with E-state index in [9.17, 15) is 9.18 Å². The quantitative estimate of drug-likeness (QED) is 0.610. The number of halogens is 1. The Bertz CT molecular complexity index is 587. The van der Waals surface area contributed by atoms with Crippen molar-refractivity contribution in [2.75, 3.05) is 24.3 Å². The van der Waals surface area contributed by atoms with Crippen LogP contribution in [0.4, 0.5) is 15.8 Å². The van der Waals surface area contributed by atoms with E-state index in [2.05, 4.69) is 5.32 Å². The number of nitrogens with one attached hydrogen (secondary N) is 1. The first kappa shape index (κ1) is 15.5. The van der Waals surface area contributed by atoms with Crippen LogP contribution in [0.3, 0.4) is 0 Å². The molecule has 3 N–H and O–H groups in total. The first-order chi connectivity index (χ1) is 10.1. The number of ether oxygens (including phenoxy) is 1. The van der Waals surface area contributed by atoms with E-state index in [1.54, 1.807) is 11.3 Å². The first-order valence-corrected chi connectivity index (χ1v) is 7.48. The van der Waals surface area contributed by atoms with Crippen LogP contribution < -0.4 is 11.1 Å². The average Bonchev–Trinajstić information content (AvgIpc) is 2.96. The maximum absolute atomic E-state index is 13.4. The fourth-order valence-corrected chi connectivity index (χ4v) is 2.44. The molecule has 0 bridgehead atoms. The van der Waals surface area contributed by atoms with Crippen molar-refractivity contribution in [3.8, 4) is 0 Å². The molecule has 0 aliphatic carbocycles. The molecule has 0 aliphatic rings. The molecular formula is C15H17FN2O2S. The fourth-order valence-electron chi connectivity index (χ4n) is 1.75. The predicted octanol–water partition coefficient (Wildman–Crippen LogP) is 3.06. The molecule has 1 amide bonds. The molecule has 4 nitrogen and oxygen atoms in total. The molecule has 112 valence electrons. The first-order valence-electron chi connectivity index (χ1n) is 6.60. The van der Waals surface area contributed by atoms with Gasteiger partial charge in [0.1, 0.15) is 5.82 Å². The number of nitrogens with two attached hydrogens (primary N) is 1.